The highest BCUT2D eigenvalue weighted by molar-refractivity contribution is 7.22. The molecule has 0 amide bonds. The Hall–Kier alpha value is -9.80. The van der Waals surface area contributed by atoms with E-state index in [9.17, 15) is 0 Å². The van der Waals surface area contributed by atoms with Gasteiger partial charge < -0.3 is 0 Å². The lowest BCUT2D eigenvalue weighted by Crippen LogP contribution is -2.25. The van der Waals surface area contributed by atoms with Crippen molar-refractivity contribution in [1.82, 2.24) is 19.9 Å². The average Bonchev–Trinajstić information content (AvgIpc) is 1.56. The first-order valence-electron chi connectivity index (χ1n) is 44.7. The van der Waals surface area contributed by atoms with E-state index in [1.165, 1.54) is 288 Å². The first-order chi connectivity index (χ1) is 58.3. The summed E-state index contributed by atoms with van der Waals surface area (Å²) < 4.78 is 4.95. The van der Waals surface area contributed by atoms with Crippen LogP contribution in [0.1, 0.15) is 230 Å². The molecule has 0 spiro atoms. The van der Waals surface area contributed by atoms with E-state index in [0.29, 0.717) is 0 Å². The van der Waals surface area contributed by atoms with Crippen LogP contribution in [-0.4, -0.2) is 19.9 Å². The molecule has 2 aliphatic carbocycles. The molecule has 118 heavy (non-hydrogen) atoms. The van der Waals surface area contributed by atoms with E-state index in [4.69, 9.17) is 19.9 Å². The molecule has 4 aromatic heterocycles. The van der Waals surface area contributed by atoms with Crippen LogP contribution in [0, 0.1) is 0 Å². The van der Waals surface area contributed by atoms with E-state index in [-0.39, 0.29) is 10.8 Å². The highest BCUT2D eigenvalue weighted by atomic mass is 32.1. The molecule has 18 rings (SSSR count). The molecule has 2 aliphatic rings. The fraction of sp³-hybridized carbons (Fsp3) is 0.309. The third kappa shape index (κ3) is 17.6. The zero-order chi connectivity index (χ0) is 80.0. The van der Waals surface area contributed by atoms with Crippen LogP contribution in [-0.2, 0) is 10.8 Å². The lowest BCUT2D eigenvalue weighted by Gasteiger charge is -2.33. The highest BCUT2D eigenvalue weighted by Gasteiger charge is 2.44. The summed E-state index contributed by atoms with van der Waals surface area (Å²) in [7, 11) is 0. The van der Waals surface area contributed by atoms with E-state index in [0.717, 1.165) is 42.1 Å². The zero-order valence-corrected chi connectivity index (χ0v) is 72.9. The predicted molar refractivity (Wildman–Crippen MR) is 513 cm³/mol. The molecule has 0 aliphatic heterocycles. The van der Waals surface area contributed by atoms with E-state index in [1.54, 1.807) is 67.6 Å². The van der Waals surface area contributed by atoms with Crippen molar-refractivity contribution < 1.29 is 0 Å². The Bertz CT molecular complexity index is 5160. The Labute approximate surface area is 717 Å². The molecule has 0 N–H and O–H groups in total. The van der Waals surface area contributed by atoms with Crippen molar-refractivity contribution in [3.8, 4) is 109 Å². The number of hydrogen-bond acceptors (Lipinski definition) is 8. The van der Waals surface area contributed by atoms with Crippen LogP contribution in [0.25, 0.3) is 150 Å². The standard InChI is InChI=1S/2C55H56N2S2/c2*1-3-5-7-9-11-17-35-55(36-18-12-10-8-6-4-2)47-37-43(39-23-27-41(28-24-39)53-56-49-19-13-15-21-51(49)58-53)31-33-45(47)46-34-32-44(38-48(46)55)40-25-29-42(30-26-40)54-57-50-20-14-16-22-52(50)59-54/h2*13-16,19-34,37-38H,3-12,17-18,35-36H2,1-2H3. The Balaban J connectivity index is 0.000000169. The molecule has 0 bridgehead atoms. The second-order valence-corrected chi connectivity index (χ2v) is 37.7. The third-order valence-electron chi connectivity index (χ3n) is 25.6. The molecule has 12 aromatic carbocycles. The van der Waals surface area contributed by atoms with Gasteiger partial charge in [0.05, 0.1) is 40.9 Å². The van der Waals surface area contributed by atoms with Gasteiger partial charge in [-0.05, 0) is 187 Å². The summed E-state index contributed by atoms with van der Waals surface area (Å²) in [6.45, 7) is 9.28. The maximum Gasteiger partial charge on any atom is 0.124 e. The Kier molecular flexibility index (Phi) is 26.0. The van der Waals surface area contributed by atoms with Crippen LogP contribution < -0.4 is 0 Å². The topological polar surface area (TPSA) is 51.6 Å². The molecule has 0 fully saturated rings. The molecule has 0 saturated carbocycles. The molecule has 8 heteroatoms. The van der Waals surface area contributed by atoms with Gasteiger partial charge in [0, 0.05) is 33.1 Å². The van der Waals surface area contributed by atoms with Gasteiger partial charge in [0.25, 0.3) is 0 Å². The number of fused-ring (bicyclic) bond motifs is 10. The van der Waals surface area contributed by atoms with Crippen molar-refractivity contribution in [1.29, 1.82) is 0 Å². The number of benzene rings is 12. The van der Waals surface area contributed by atoms with Crippen molar-refractivity contribution in [3.05, 3.63) is 289 Å². The van der Waals surface area contributed by atoms with E-state index in [2.05, 4.69) is 295 Å². The SMILES string of the molecule is CCCCCCCCC1(CCCCCCCC)c2cc(-c3ccc(-c4nc5ccccc5s4)cc3)ccc2-c2ccc(-c3ccc(-c4nc5ccccc5s4)cc3)cc21.CCCCCCCCC1(CCCCCCCC)c2cc(-c3ccc(-c4nc5ccccc5s4)cc3)ccc2-c2ccc(-c3ccc(-c4nc5ccccc5s4)cc3)cc21. The molecular formula is C110H112N4S4. The first-order valence-corrected chi connectivity index (χ1v) is 48.0. The summed E-state index contributed by atoms with van der Waals surface area (Å²) in [5, 5.41) is 4.34. The van der Waals surface area contributed by atoms with E-state index < -0.39 is 0 Å². The van der Waals surface area contributed by atoms with Crippen molar-refractivity contribution >= 4 is 86.2 Å². The van der Waals surface area contributed by atoms with Crippen molar-refractivity contribution in [2.45, 2.75) is 218 Å². The average molecular weight is 1620 g/mol. The monoisotopic (exact) mass is 1620 g/mol. The summed E-state index contributed by atoms with van der Waals surface area (Å²) in [4.78, 5) is 19.8. The molecule has 0 unspecified atom stereocenters. The van der Waals surface area contributed by atoms with Crippen molar-refractivity contribution in [3.63, 3.8) is 0 Å². The van der Waals surface area contributed by atoms with Gasteiger partial charge in [0.2, 0.25) is 0 Å². The fourth-order valence-corrected chi connectivity index (χ4v) is 23.0. The first kappa shape index (κ1) is 80.6. The number of nitrogens with zero attached hydrogens (tertiary/aromatic N) is 4. The molecule has 0 radical (unpaired) electrons. The number of para-hydroxylation sites is 4. The minimum atomic E-state index is -0.00588. The van der Waals surface area contributed by atoms with Crippen LogP contribution in [0.5, 0.6) is 0 Å². The second-order valence-electron chi connectivity index (χ2n) is 33.5. The van der Waals surface area contributed by atoms with E-state index in [1.807, 2.05) is 0 Å². The number of rotatable bonds is 36. The van der Waals surface area contributed by atoms with Crippen LogP contribution in [0.4, 0.5) is 0 Å². The Morgan fingerprint density at radius 3 is 0.593 bits per heavy atom. The van der Waals surface area contributed by atoms with Gasteiger partial charge in [-0.1, -0.05) is 376 Å². The predicted octanol–water partition coefficient (Wildman–Crippen LogP) is 34.7. The Morgan fingerprint density at radius 2 is 0.381 bits per heavy atom. The summed E-state index contributed by atoms with van der Waals surface area (Å²) in [6.07, 6.45) is 36.4. The van der Waals surface area contributed by atoms with Crippen LogP contribution in [0.3, 0.4) is 0 Å². The molecule has 16 aromatic rings. The van der Waals surface area contributed by atoms with E-state index >= 15 is 0 Å². The van der Waals surface area contributed by atoms with Gasteiger partial charge in [-0.15, -0.1) is 45.3 Å². The fourth-order valence-electron chi connectivity index (χ4n) is 19.1. The smallest absolute Gasteiger partial charge is 0.124 e. The molecular weight excluding hydrogens is 1510 g/mol. The number of hydrogen-bond donors (Lipinski definition) is 0. The molecule has 596 valence electrons. The zero-order valence-electron chi connectivity index (χ0n) is 69.6. The Morgan fingerprint density at radius 1 is 0.195 bits per heavy atom. The number of aromatic nitrogens is 4. The third-order valence-corrected chi connectivity index (χ3v) is 29.9. The quantitative estimate of drug-likeness (QED) is 0.0367. The molecule has 0 saturated heterocycles. The second kappa shape index (κ2) is 38.1. The molecule has 4 heterocycles. The number of thiazole rings is 4. The normalized spacial score (nSPS) is 13.0. The largest absolute Gasteiger partial charge is 0.236 e. The van der Waals surface area contributed by atoms with Gasteiger partial charge >= 0.3 is 0 Å². The van der Waals surface area contributed by atoms with Crippen LogP contribution >= 0.6 is 45.3 Å². The minimum Gasteiger partial charge on any atom is -0.236 e. The summed E-state index contributed by atoms with van der Waals surface area (Å²) >= 11 is 7.10. The van der Waals surface area contributed by atoms with Crippen molar-refractivity contribution in [2.24, 2.45) is 0 Å². The molecule has 4 nitrogen and oxygen atoms in total. The van der Waals surface area contributed by atoms with Gasteiger partial charge in [-0.2, -0.15) is 0 Å². The summed E-state index contributed by atoms with van der Waals surface area (Å²) in [6, 6.07) is 100. The summed E-state index contributed by atoms with van der Waals surface area (Å²) in [5.74, 6) is 0. The minimum absolute atomic E-state index is 0.00588. The van der Waals surface area contributed by atoms with Gasteiger partial charge in [-0.25, -0.2) is 19.9 Å². The lowest BCUT2D eigenvalue weighted by molar-refractivity contribution is 0.398. The van der Waals surface area contributed by atoms with Gasteiger partial charge in [0.1, 0.15) is 20.0 Å². The molecule has 0 atom stereocenters. The van der Waals surface area contributed by atoms with Crippen LogP contribution in [0.15, 0.2) is 267 Å². The summed E-state index contributed by atoms with van der Waals surface area (Å²) in [5.41, 5.74) is 31.3. The van der Waals surface area contributed by atoms with Crippen LogP contribution in [0.2, 0.25) is 0 Å². The maximum absolute atomic E-state index is 4.95. The lowest BCUT2D eigenvalue weighted by atomic mass is 9.70. The number of unbranched alkanes of at least 4 members (excludes halogenated alkanes) is 20. The highest BCUT2D eigenvalue weighted by Crippen LogP contribution is 2.58. The van der Waals surface area contributed by atoms with Gasteiger partial charge in [0.15, 0.2) is 0 Å². The van der Waals surface area contributed by atoms with Crippen molar-refractivity contribution in [2.75, 3.05) is 0 Å². The maximum atomic E-state index is 4.95. The van der Waals surface area contributed by atoms with Gasteiger partial charge in [-0.3, -0.25) is 0 Å².